The number of ether oxygens (including phenoxy) is 1. The van der Waals surface area contributed by atoms with Crippen LogP contribution in [-0.2, 0) is 9.53 Å². The first-order valence-electron chi connectivity index (χ1n) is 12.0. The van der Waals surface area contributed by atoms with Gasteiger partial charge < -0.3 is 9.84 Å². The SMILES string of the molecule is COC[C@@]1(O)CC[C@H]2[C@H](CC[C@@H]3[C@@H]2CC[C@]2(CC(C)C)[C@@H](C(C)=O)CC[C@@H]32)C1. The van der Waals surface area contributed by atoms with Crippen LogP contribution in [0.15, 0.2) is 0 Å². The van der Waals surface area contributed by atoms with Gasteiger partial charge in [-0.25, -0.2) is 0 Å². The molecule has 0 aromatic carbocycles. The maximum absolute atomic E-state index is 12.6. The number of fused-ring (bicyclic) bond motifs is 5. The summed E-state index contributed by atoms with van der Waals surface area (Å²) in [6, 6.07) is 0. The van der Waals surface area contributed by atoms with Gasteiger partial charge in [-0.1, -0.05) is 13.8 Å². The number of carbonyl (C=O) groups is 1. The Morgan fingerprint density at radius 2 is 1.79 bits per heavy atom. The molecule has 4 aliphatic rings. The molecule has 0 aromatic heterocycles. The molecule has 8 atom stereocenters. The Balaban J connectivity index is 1.55. The second kappa shape index (κ2) is 7.69. The summed E-state index contributed by atoms with van der Waals surface area (Å²) in [4.78, 5) is 12.6. The molecule has 0 saturated heterocycles. The van der Waals surface area contributed by atoms with Gasteiger partial charge in [0.1, 0.15) is 5.78 Å². The van der Waals surface area contributed by atoms with E-state index in [2.05, 4.69) is 13.8 Å². The fourth-order valence-electron chi connectivity index (χ4n) is 8.94. The molecule has 0 unspecified atom stereocenters. The van der Waals surface area contributed by atoms with Crippen molar-refractivity contribution in [1.29, 1.82) is 0 Å². The molecule has 4 saturated carbocycles. The molecule has 0 heterocycles. The summed E-state index contributed by atoms with van der Waals surface area (Å²) < 4.78 is 5.33. The summed E-state index contributed by atoms with van der Waals surface area (Å²) in [6.07, 6.45) is 11.9. The van der Waals surface area contributed by atoms with Gasteiger partial charge >= 0.3 is 0 Å². The molecule has 160 valence electrons. The van der Waals surface area contributed by atoms with Crippen LogP contribution in [0.2, 0.25) is 0 Å². The van der Waals surface area contributed by atoms with E-state index >= 15 is 0 Å². The third-order valence-corrected chi connectivity index (χ3v) is 9.51. The lowest BCUT2D eigenvalue weighted by molar-refractivity contribution is -0.139. The van der Waals surface area contributed by atoms with Gasteiger partial charge in [-0.3, -0.25) is 4.79 Å². The first kappa shape index (κ1) is 20.8. The van der Waals surface area contributed by atoms with Gasteiger partial charge in [0, 0.05) is 13.0 Å². The summed E-state index contributed by atoms with van der Waals surface area (Å²) in [5.74, 6) is 5.35. The maximum atomic E-state index is 12.6. The van der Waals surface area contributed by atoms with Crippen molar-refractivity contribution >= 4 is 5.78 Å². The third-order valence-electron chi connectivity index (χ3n) is 9.51. The molecule has 0 aromatic rings. The lowest BCUT2D eigenvalue weighted by Crippen LogP contribution is -2.53. The Labute approximate surface area is 172 Å². The fraction of sp³-hybridized carbons (Fsp3) is 0.960. The smallest absolute Gasteiger partial charge is 0.133 e. The molecule has 4 rings (SSSR count). The first-order chi connectivity index (χ1) is 13.3. The van der Waals surface area contributed by atoms with Crippen LogP contribution in [-0.4, -0.2) is 30.2 Å². The summed E-state index contributed by atoms with van der Waals surface area (Å²) in [7, 11) is 1.71. The Hall–Kier alpha value is -0.410. The van der Waals surface area contributed by atoms with Crippen LogP contribution in [0.1, 0.15) is 85.0 Å². The van der Waals surface area contributed by atoms with E-state index in [9.17, 15) is 9.90 Å². The topological polar surface area (TPSA) is 46.5 Å². The van der Waals surface area contributed by atoms with Crippen molar-refractivity contribution in [2.45, 2.75) is 90.6 Å². The average molecular weight is 391 g/mol. The van der Waals surface area contributed by atoms with Crippen LogP contribution in [0.4, 0.5) is 0 Å². The lowest BCUT2D eigenvalue weighted by Gasteiger charge is -2.58. The highest BCUT2D eigenvalue weighted by Gasteiger charge is 2.60. The van der Waals surface area contributed by atoms with E-state index in [4.69, 9.17) is 4.74 Å². The number of carbonyl (C=O) groups excluding carboxylic acids is 1. The Morgan fingerprint density at radius 1 is 1.04 bits per heavy atom. The minimum Gasteiger partial charge on any atom is -0.387 e. The molecule has 3 nitrogen and oxygen atoms in total. The molecule has 28 heavy (non-hydrogen) atoms. The Kier molecular flexibility index (Phi) is 5.72. The van der Waals surface area contributed by atoms with Gasteiger partial charge in [-0.2, -0.15) is 0 Å². The summed E-state index contributed by atoms with van der Waals surface area (Å²) in [6.45, 7) is 7.05. The average Bonchev–Trinajstić information content (AvgIpc) is 2.99. The molecule has 3 heteroatoms. The van der Waals surface area contributed by atoms with E-state index in [0.29, 0.717) is 35.6 Å². The summed E-state index contributed by atoms with van der Waals surface area (Å²) >= 11 is 0. The molecular weight excluding hydrogens is 348 g/mol. The van der Waals surface area contributed by atoms with Gasteiger partial charge in [0.05, 0.1) is 12.2 Å². The number of ketones is 1. The van der Waals surface area contributed by atoms with E-state index in [1.54, 1.807) is 7.11 Å². The zero-order chi connectivity index (χ0) is 20.1. The van der Waals surface area contributed by atoms with Crippen molar-refractivity contribution in [3.8, 4) is 0 Å². The van der Waals surface area contributed by atoms with Crippen LogP contribution in [0.25, 0.3) is 0 Å². The molecule has 0 amide bonds. The summed E-state index contributed by atoms with van der Waals surface area (Å²) in [5.41, 5.74) is -0.300. The molecule has 4 aliphatic carbocycles. The van der Waals surface area contributed by atoms with E-state index in [1.165, 1.54) is 44.9 Å². The largest absolute Gasteiger partial charge is 0.387 e. The number of hydrogen-bond acceptors (Lipinski definition) is 3. The summed E-state index contributed by atoms with van der Waals surface area (Å²) in [5, 5.41) is 10.9. The zero-order valence-electron chi connectivity index (χ0n) is 18.6. The highest BCUT2D eigenvalue weighted by Crippen LogP contribution is 2.66. The van der Waals surface area contributed by atoms with Gasteiger partial charge in [-0.15, -0.1) is 0 Å². The van der Waals surface area contributed by atoms with Crippen LogP contribution >= 0.6 is 0 Å². The number of aliphatic hydroxyl groups is 1. The van der Waals surface area contributed by atoms with Gasteiger partial charge in [0.15, 0.2) is 0 Å². The van der Waals surface area contributed by atoms with Crippen molar-refractivity contribution in [2.75, 3.05) is 13.7 Å². The molecule has 0 radical (unpaired) electrons. The van der Waals surface area contributed by atoms with E-state index < -0.39 is 5.60 Å². The number of rotatable bonds is 5. The van der Waals surface area contributed by atoms with Crippen molar-refractivity contribution in [2.24, 2.45) is 46.8 Å². The highest BCUT2D eigenvalue weighted by atomic mass is 16.5. The number of methoxy groups -OCH3 is 1. The highest BCUT2D eigenvalue weighted by molar-refractivity contribution is 5.79. The monoisotopic (exact) mass is 390 g/mol. The fourth-order valence-corrected chi connectivity index (χ4v) is 8.94. The van der Waals surface area contributed by atoms with E-state index in [-0.39, 0.29) is 0 Å². The normalized spacial score (nSPS) is 48.1. The molecule has 0 spiro atoms. The van der Waals surface area contributed by atoms with Gasteiger partial charge in [0.2, 0.25) is 0 Å². The number of Topliss-reactive ketones (excluding diaryl/α,β-unsaturated/α-hetero) is 1. The van der Waals surface area contributed by atoms with Crippen LogP contribution < -0.4 is 0 Å². The van der Waals surface area contributed by atoms with Crippen LogP contribution in [0, 0.1) is 46.8 Å². The van der Waals surface area contributed by atoms with Crippen molar-refractivity contribution in [1.82, 2.24) is 0 Å². The molecule has 0 aliphatic heterocycles. The minimum atomic E-state index is -0.591. The van der Waals surface area contributed by atoms with Crippen molar-refractivity contribution < 1.29 is 14.6 Å². The molecular formula is C25H42O3. The van der Waals surface area contributed by atoms with Crippen molar-refractivity contribution in [3.05, 3.63) is 0 Å². The lowest BCUT2D eigenvalue weighted by atomic mass is 9.47. The molecule has 1 N–H and O–H groups in total. The second-order valence-corrected chi connectivity index (χ2v) is 11.4. The number of hydrogen-bond donors (Lipinski definition) is 1. The van der Waals surface area contributed by atoms with Gasteiger partial charge in [-0.05, 0) is 112 Å². The zero-order valence-corrected chi connectivity index (χ0v) is 18.6. The predicted octanol–water partition coefficient (Wildman–Crippen LogP) is 5.25. The first-order valence-corrected chi connectivity index (χ1v) is 12.0. The molecule has 4 fully saturated rings. The Bertz CT molecular complexity index is 586. The van der Waals surface area contributed by atoms with Crippen molar-refractivity contribution in [3.63, 3.8) is 0 Å². The second-order valence-electron chi connectivity index (χ2n) is 11.4. The molecule has 0 bridgehead atoms. The van der Waals surface area contributed by atoms with Crippen LogP contribution in [0.3, 0.4) is 0 Å². The Morgan fingerprint density at radius 3 is 2.46 bits per heavy atom. The minimum absolute atomic E-state index is 0.291. The third kappa shape index (κ3) is 3.39. The predicted molar refractivity (Wildman–Crippen MR) is 112 cm³/mol. The maximum Gasteiger partial charge on any atom is 0.133 e. The quantitative estimate of drug-likeness (QED) is 0.697. The van der Waals surface area contributed by atoms with E-state index in [0.717, 1.165) is 42.9 Å². The van der Waals surface area contributed by atoms with Crippen LogP contribution in [0.5, 0.6) is 0 Å². The van der Waals surface area contributed by atoms with Gasteiger partial charge in [0.25, 0.3) is 0 Å². The standard InChI is InChI=1S/C25H42O3/c1-16(2)13-25-12-10-20-19-9-11-24(27,15-28-4)14-18(19)5-6-21(20)23(25)8-7-22(25)17(3)26/h16,18-23,27H,5-15H2,1-4H3/t18-,19+,20-,21-,22-,23+,24-,25+/m1/s1. The van der Waals surface area contributed by atoms with E-state index in [1.807, 2.05) is 6.92 Å².